The van der Waals surface area contributed by atoms with Crippen molar-refractivity contribution < 1.29 is 18.9 Å². The molecule has 0 spiro atoms. The summed E-state index contributed by atoms with van der Waals surface area (Å²) in [6.45, 7) is -0.234. The second-order valence-corrected chi connectivity index (χ2v) is 5.67. The van der Waals surface area contributed by atoms with Crippen LogP contribution in [0.5, 0.6) is 0 Å². The van der Waals surface area contributed by atoms with Gasteiger partial charge in [-0.1, -0.05) is 11.3 Å². The average molecular weight is 337 g/mol. The van der Waals surface area contributed by atoms with Crippen molar-refractivity contribution in [1.82, 2.24) is 4.90 Å². The van der Waals surface area contributed by atoms with E-state index in [0.717, 1.165) is 16.2 Å². The van der Waals surface area contributed by atoms with Gasteiger partial charge in [-0.25, -0.2) is 4.39 Å². The number of hydrogen-bond acceptors (Lipinski definition) is 5. The third kappa shape index (κ3) is 4.33. The zero-order chi connectivity index (χ0) is 17.0. The van der Waals surface area contributed by atoms with Gasteiger partial charge in [0.2, 0.25) is 5.91 Å². The van der Waals surface area contributed by atoms with Crippen LogP contribution >= 0.6 is 11.3 Å². The molecular formula is C14H12FN3O4S. The fraction of sp³-hybridized carbons (Fsp3) is 0.143. The normalized spacial score (nSPS) is 10.2. The second kappa shape index (κ2) is 6.97. The lowest BCUT2D eigenvalue weighted by molar-refractivity contribution is -0.380. The molecule has 1 N–H and O–H groups in total. The summed E-state index contributed by atoms with van der Waals surface area (Å²) >= 11 is 0.746. The SMILES string of the molecule is CN(CC(=O)Nc1ccc(F)cc1)C(=O)c1ccc([N+](=O)[O-])s1. The molecule has 0 radical (unpaired) electrons. The highest BCUT2D eigenvalue weighted by Crippen LogP contribution is 2.24. The van der Waals surface area contributed by atoms with Gasteiger partial charge in [0.25, 0.3) is 5.91 Å². The van der Waals surface area contributed by atoms with Crippen LogP contribution in [0.4, 0.5) is 15.1 Å². The summed E-state index contributed by atoms with van der Waals surface area (Å²) in [6, 6.07) is 7.80. The van der Waals surface area contributed by atoms with E-state index in [1.54, 1.807) is 0 Å². The van der Waals surface area contributed by atoms with Crippen LogP contribution in [-0.4, -0.2) is 35.2 Å². The highest BCUT2D eigenvalue weighted by atomic mass is 32.1. The number of nitro groups is 1. The molecule has 2 rings (SSSR count). The van der Waals surface area contributed by atoms with Gasteiger partial charge in [0, 0.05) is 18.8 Å². The highest BCUT2D eigenvalue weighted by Gasteiger charge is 2.20. The summed E-state index contributed by atoms with van der Waals surface area (Å²) in [6.07, 6.45) is 0. The van der Waals surface area contributed by atoms with Crippen LogP contribution in [0.2, 0.25) is 0 Å². The molecule has 0 unspecified atom stereocenters. The number of thiophene rings is 1. The van der Waals surface area contributed by atoms with Crippen molar-refractivity contribution in [2.45, 2.75) is 0 Å². The molecule has 23 heavy (non-hydrogen) atoms. The van der Waals surface area contributed by atoms with Crippen LogP contribution in [0, 0.1) is 15.9 Å². The smallest absolute Gasteiger partial charge is 0.324 e. The summed E-state index contributed by atoms with van der Waals surface area (Å²) in [7, 11) is 1.41. The van der Waals surface area contributed by atoms with Gasteiger partial charge in [-0.2, -0.15) is 0 Å². The zero-order valence-electron chi connectivity index (χ0n) is 12.0. The quantitative estimate of drug-likeness (QED) is 0.670. The van der Waals surface area contributed by atoms with Crippen molar-refractivity contribution in [2.24, 2.45) is 0 Å². The lowest BCUT2D eigenvalue weighted by atomic mass is 10.3. The average Bonchev–Trinajstić information content (AvgIpc) is 2.98. The van der Waals surface area contributed by atoms with Crippen molar-refractivity contribution in [2.75, 3.05) is 18.9 Å². The molecule has 9 heteroatoms. The molecule has 2 amide bonds. The third-order valence-corrected chi connectivity index (χ3v) is 3.86. The summed E-state index contributed by atoms with van der Waals surface area (Å²) in [5, 5.41) is 13.0. The first-order valence-corrected chi connectivity index (χ1v) is 7.23. The Morgan fingerprint density at radius 3 is 2.48 bits per heavy atom. The first-order chi connectivity index (χ1) is 10.9. The van der Waals surface area contributed by atoms with Crippen LogP contribution in [0.3, 0.4) is 0 Å². The number of likely N-dealkylation sites (N-methyl/N-ethyl adjacent to an activating group) is 1. The molecule has 1 aromatic carbocycles. The van der Waals surface area contributed by atoms with E-state index in [-0.39, 0.29) is 16.4 Å². The van der Waals surface area contributed by atoms with E-state index in [1.165, 1.54) is 43.4 Å². The fourth-order valence-corrected chi connectivity index (χ4v) is 2.56. The fourth-order valence-electron chi connectivity index (χ4n) is 1.75. The summed E-state index contributed by atoms with van der Waals surface area (Å²) in [4.78, 5) is 35.3. The molecule has 0 aliphatic carbocycles. The van der Waals surface area contributed by atoms with Gasteiger partial charge in [-0.05, 0) is 30.3 Å². The number of carbonyl (C=O) groups excluding carboxylic acids is 2. The van der Waals surface area contributed by atoms with E-state index in [0.29, 0.717) is 5.69 Å². The second-order valence-electron chi connectivity index (χ2n) is 4.61. The Bertz CT molecular complexity index is 745. The molecule has 0 aliphatic rings. The number of amides is 2. The number of benzene rings is 1. The number of rotatable bonds is 5. The van der Waals surface area contributed by atoms with Gasteiger partial charge in [0.05, 0.1) is 16.3 Å². The van der Waals surface area contributed by atoms with Crippen molar-refractivity contribution in [1.29, 1.82) is 0 Å². The summed E-state index contributed by atoms with van der Waals surface area (Å²) < 4.78 is 12.8. The topological polar surface area (TPSA) is 92.6 Å². The molecule has 120 valence electrons. The first-order valence-electron chi connectivity index (χ1n) is 6.42. The van der Waals surface area contributed by atoms with Crippen molar-refractivity contribution in [3.05, 3.63) is 57.2 Å². The Kier molecular flexibility index (Phi) is 5.02. The molecule has 1 aromatic heterocycles. The Morgan fingerprint density at radius 2 is 1.91 bits per heavy atom. The summed E-state index contributed by atoms with van der Waals surface area (Å²) in [5.41, 5.74) is 0.406. The van der Waals surface area contributed by atoms with Crippen LogP contribution in [0.25, 0.3) is 0 Å². The van der Waals surface area contributed by atoms with Gasteiger partial charge in [-0.3, -0.25) is 19.7 Å². The molecule has 7 nitrogen and oxygen atoms in total. The number of hydrogen-bond donors (Lipinski definition) is 1. The number of halogens is 1. The number of nitrogens with one attached hydrogen (secondary N) is 1. The Balaban J connectivity index is 1.95. The van der Waals surface area contributed by atoms with Crippen molar-refractivity contribution >= 4 is 33.8 Å². The monoisotopic (exact) mass is 337 g/mol. The Labute approximate surface area is 134 Å². The van der Waals surface area contributed by atoms with E-state index in [2.05, 4.69) is 5.32 Å². The van der Waals surface area contributed by atoms with Crippen LogP contribution in [0.1, 0.15) is 9.67 Å². The third-order valence-electron chi connectivity index (χ3n) is 2.84. The van der Waals surface area contributed by atoms with Gasteiger partial charge >= 0.3 is 5.00 Å². The van der Waals surface area contributed by atoms with E-state index in [4.69, 9.17) is 0 Å². The predicted molar refractivity (Wildman–Crippen MR) is 83.0 cm³/mol. The van der Waals surface area contributed by atoms with Crippen LogP contribution < -0.4 is 5.32 Å². The minimum Gasteiger partial charge on any atom is -0.332 e. The lowest BCUT2D eigenvalue weighted by Gasteiger charge is -2.15. The maximum atomic E-state index is 12.8. The summed E-state index contributed by atoms with van der Waals surface area (Å²) in [5.74, 6) is -1.37. The number of carbonyl (C=O) groups is 2. The molecule has 1 heterocycles. The largest absolute Gasteiger partial charge is 0.332 e. The maximum absolute atomic E-state index is 12.8. The van der Waals surface area contributed by atoms with Gasteiger partial charge in [0.15, 0.2) is 0 Å². The lowest BCUT2D eigenvalue weighted by Crippen LogP contribution is -2.34. The Hall–Kier alpha value is -2.81. The van der Waals surface area contributed by atoms with Crippen LogP contribution in [0.15, 0.2) is 36.4 Å². The predicted octanol–water partition coefficient (Wildman–Crippen LogP) is 2.51. The van der Waals surface area contributed by atoms with Gasteiger partial charge < -0.3 is 10.2 Å². The Morgan fingerprint density at radius 1 is 1.26 bits per heavy atom. The molecular weight excluding hydrogens is 325 g/mol. The number of anilines is 1. The van der Waals surface area contributed by atoms with Crippen molar-refractivity contribution in [3.63, 3.8) is 0 Å². The minimum atomic E-state index is -0.581. The first kappa shape index (κ1) is 16.6. The standard InChI is InChI=1S/C14H12FN3O4S/c1-17(14(20)11-6-7-13(23-11)18(21)22)8-12(19)16-10-4-2-9(15)3-5-10/h2-7H,8H2,1H3,(H,16,19). The molecule has 0 bridgehead atoms. The molecule has 0 aliphatic heterocycles. The molecule has 0 saturated carbocycles. The molecule has 0 saturated heterocycles. The van der Waals surface area contributed by atoms with E-state index in [9.17, 15) is 24.1 Å². The minimum absolute atomic E-state index is 0.141. The van der Waals surface area contributed by atoms with E-state index >= 15 is 0 Å². The maximum Gasteiger partial charge on any atom is 0.324 e. The molecule has 0 fully saturated rings. The van der Waals surface area contributed by atoms with Gasteiger partial charge in [0.1, 0.15) is 5.82 Å². The van der Waals surface area contributed by atoms with Crippen LogP contribution in [-0.2, 0) is 4.79 Å². The molecule has 0 atom stereocenters. The van der Waals surface area contributed by atoms with E-state index in [1.807, 2.05) is 0 Å². The van der Waals surface area contributed by atoms with Gasteiger partial charge in [-0.15, -0.1) is 0 Å². The van der Waals surface area contributed by atoms with E-state index < -0.39 is 22.6 Å². The highest BCUT2D eigenvalue weighted by molar-refractivity contribution is 7.17. The molecule has 2 aromatic rings. The zero-order valence-corrected chi connectivity index (χ0v) is 12.8. The van der Waals surface area contributed by atoms with Crippen molar-refractivity contribution in [3.8, 4) is 0 Å². The number of nitrogens with zero attached hydrogens (tertiary/aromatic N) is 2.